The largest absolute Gasteiger partial charge is 0.378 e. The maximum Gasteiger partial charge on any atom is 0.114 e. The maximum atomic E-state index is 8.56. The molecule has 4 heteroatoms. The van der Waals surface area contributed by atoms with Crippen molar-refractivity contribution in [3.63, 3.8) is 0 Å². The quantitative estimate of drug-likeness (QED) is 0.204. The van der Waals surface area contributed by atoms with E-state index >= 15 is 0 Å². The van der Waals surface area contributed by atoms with Gasteiger partial charge in [0.2, 0.25) is 0 Å². The maximum absolute atomic E-state index is 8.56. The van der Waals surface area contributed by atoms with Crippen LogP contribution in [0.4, 0.5) is 0 Å². The van der Waals surface area contributed by atoms with Gasteiger partial charge in [-0.15, -0.1) is 0 Å². The van der Waals surface area contributed by atoms with Crippen LogP contribution in [0.5, 0.6) is 0 Å². The average molecular weight is 119 g/mol. The fourth-order valence-electron chi connectivity index (χ4n) is 0.292. The summed E-state index contributed by atoms with van der Waals surface area (Å²) in [4.78, 5) is 0. The van der Waals surface area contributed by atoms with Crippen LogP contribution < -0.4 is 16.6 Å². The summed E-state index contributed by atoms with van der Waals surface area (Å²) in [5, 5.41) is 8.56. The highest BCUT2D eigenvalue weighted by atomic mass is 16.3. The Hall–Kier alpha value is -0.160. The summed E-state index contributed by atoms with van der Waals surface area (Å²) in [6.07, 6.45) is -0.512. The van der Waals surface area contributed by atoms with Crippen molar-refractivity contribution in [1.29, 1.82) is 0 Å². The Bertz CT molecular complexity index is 48.5. The summed E-state index contributed by atoms with van der Waals surface area (Å²) in [5.74, 6) is 0. The molecule has 0 aliphatic rings. The van der Waals surface area contributed by atoms with Crippen molar-refractivity contribution in [2.24, 2.45) is 5.73 Å². The highest BCUT2D eigenvalue weighted by Gasteiger charge is 1.87. The van der Waals surface area contributed by atoms with Gasteiger partial charge in [0.25, 0.3) is 0 Å². The summed E-state index contributed by atoms with van der Waals surface area (Å²) >= 11 is 0. The minimum Gasteiger partial charge on any atom is -0.378 e. The van der Waals surface area contributed by atoms with Crippen molar-refractivity contribution < 1.29 is 5.11 Å². The fraction of sp³-hybridized carbons (Fsp3) is 1.00. The number of hydrogen-bond acceptors (Lipinski definition) is 4. The van der Waals surface area contributed by atoms with Gasteiger partial charge in [0.1, 0.15) is 6.23 Å². The number of nitrogens with one attached hydrogen (secondary N) is 2. The molecule has 0 spiro atoms. The van der Waals surface area contributed by atoms with Gasteiger partial charge in [-0.1, -0.05) is 0 Å². The molecule has 0 aromatic rings. The molecule has 0 bridgehead atoms. The molecule has 50 valence electrons. The van der Waals surface area contributed by atoms with E-state index in [-0.39, 0.29) is 0 Å². The van der Waals surface area contributed by atoms with Crippen LogP contribution in [0.3, 0.4) is 0 Å². The molecule has 0 aliphatic heterocycles. The molecule has 0 fully saturated rings. The SMILES string of the molecule is CC(O)NNCCN. The first-order valence-electron chi connectivity index (χ1n) is 2.64. The predicted octanol–water partition coefficient (Wildman–Crippen LogP) is -1.62. The van der Waals surface area contributed by atoms with E-state index in [0.29, 0.717) is 13.1 Å². The lowest BCUT2D eigenvalue weighted by atomic mass is 10.7. The lowest BCUT2D eigenvalue weighted by Gasteiger charge is -2.06. The van der Waals surface area contributed by atoms with E-state index < -0.39 is 6.23 Å². The van der Waals surface area contributed by atoms with Gasteiger partial charge in [-0.2, -0.15) is 0 Å². The number of hydrazine groups is 1. The summed E-state index contributed by atoms with van der Waals surface area (Å²) in [7, 11) is 0. The van der Waals surface area contributed by atoms with Crippen LogP contribution in [0.25, 0.3) is 0 Å². The highest BCUT2D eigenvalue weighted by molar-refractivity contribution is 4.40. The monoisotopic (exact) mass is 119 g/mol. The number of nitrogens with two attached hydrogens (primary N) is 1. The van der Waals surface area contributed by atoms with Crippen LogP contribution in [0.2, 0.25) is 0 Å². The Morgan fingerprint density at radius 1 is 1.75 bits per heavy atom. The number of hydrogen-bond donors (Lipinski definition) is 4. The van der Waals surface area contributed by atoms with E-state index in [1.165, 1.54) is 0 Å². The van der Waals surface area contributed by atoms with Gasteiger partial charge >= 0.3 is 0 Å². The second-order valence-corrected chi connectivity index (χ2v) is 1.54. The zero-order valence-corrected chi connectivity index (χ0v) is 5.02. The third-order valence-corrected chi connectivity index (χ3v) is 0.580. The lowest BCUT2D eigenvalue weighted by molar-refractivity contribution is 0.138. The third kappa shape index (κ3) is 5.84. The van der Waals surface area contributed by atoms with E-state index in [0.717, 1.165) is 0 Å². The first-order valence-corrected chi connectivity index (χ1v) is 2.64. The van der Waals surface area contributed by atoms with Gasteiger partial charge in [0.15, 0.2) is 0 Å². The topological polar surface area (TPSA) is 70.3 Å². The fourth-order valence-corrected chi connectivity index (χ4v) is 0.292. The molecule has 4 nitrogen and oxygen atoms in total. The van der Waals surface area contributed by atoms with Gasteiger partial charge in [-0.25, -0.2) is 5.43 Å². The molecule has 0 aliphatic carbocycles. The molecule has 0 rings (SSSR count). The minimum atomic E-state index is -0.512. The molecule has 0 saturated heterocycles. The molecule has 0 heterocycles. The van der Waals surface area contributed by atoms with Crippen molar-refractivity contribution in [2.45, 2.75) is 13.2 Å². The van der Waals surface area contributed by atoms with Gasteiger partial charge in [0.05, 0.1) is 0 Å². The standard InChI is InChI=1S/C4H13N3O/c1-4(8)7-6-3-2-5/h4,6-8H,2-3,5H2,1H3. The second kappa shape index (κ2) is 4.99. The van der Waals surface area contributed by atoms with Crippen molar-refractivity contribution in [3.8, 4) is 0 Å². The molecule has 0 amide bonds. The van der Waals surface area contributed by atoms with Crippen molar-refractivity contribution in [3.05, 3.63) is 0 Å². The molecule has 1 unspecified atom stereocenters. The van der Waals surface area contributed by atoms with Crippen molar-refractivity contribution in [1.82, 2.24) is 10.9 Å². The Balaban J connectivity index is 2.72. The number of rotatable bonds is 4. The molecule has 8 heavy (non-hydrogen) atoms. The third-order valence-electron chi connectivity index (χ3n) is 0.580. The molecule has 5 N–H and O–H groups in total. The Labute approximate surface area is 49.0 Å². The van der Waals surface area contributed by atoms with Crippen molar-refractivity contribution >= 4 is 0 Å². The first-order chi connectivity index (χ1) is 3.77. The van der Waals surface area contributed by atoms with Crippen LogP contribution in [-0.4, -0.2) is 24.4 Å². The van der Waals surface area contributed by atoms with Crippen LogP contribution in [0.1, 0.15) is 6.92 Å². The molecule has 0 saturated carbocycles. The number of aliphatic hydroxyl groups is 1. The second-order valence-electron chi connectivity index (χ2n) is 1.54. The van der Waals surface area contributed by atoms with Crippen LogP contribution in [0.15, 0.2) is 0 Å². The van der Waals surface area contributed by atoms with E-state index in [1.54, 1.807) is 6.92 Å². The van der Waals surface area contributed by atoms with Gasteiger partial charge in [0, 0.05) is 13.1 Å². The lowest BCUT2D eigenvalue weighted by Crippen LogP contribution is -2.41. The Morgan fingerprint density at radius 3 is 2.75 bits per heavy atom. The highest BCUT2D eigenvalue weighted by Crippen LogP contribution is 1.62. The summed E-state index contributed by atoms with van der Waals surface area (Å²) in [5.41, 5.74) is 10.4. The Kier molecular flexibility index (Phi) is 4.89. The van der Waals surface area contributed by atoms with Gasteiger partial charge in [-0.3, -0.25) is 5.43 Å². The van der Waals surface area contributed by atoms with Crippen molar-refractivity contribution in [2.75, 3.05) is 13.1 Å². The molecular formula is C4H13N3O. The minimum absolute atomic E-state index is 0.512. The smallest absolute Gasteiger partial charge is 0.114 e. The van der Waals surface area contributed by atoms with Gasteiger partial charge in [-0.05, 0) is 6.92 Å². The van der Waals surface area contributed by atoms with Crippen LogP contribution >= 0.6 is 0 Å². The molecular weight excluding hydrogens is 106 g/mol. The summed E-state index contributed by atoms with van der Waals surface area (Å²) in [6, 6.07) is 0. The summed E-state index contributed by atoms with van der Waals surface area (Å²) in [6.45, 7) is 2.87. The summed E-state index contributed by atoms with van der Waals surface area (Å²) < 4.78 is 0. The van der Waals surface area contributed by atoms with E-state index in [1.807, 2.05) is 0 Å². The number of aliphatic hydroxyl groups excluding tert-OH is 1. The zero-order chi connectivity index (χ0) is 6.41. The van der Waals surface area contributed by atoms with E-state index in [4.69, 9.17) is 10.8 Å². The van der Waals surface area contributed by atoms with Gasteiger partial charge < -0.3 is 10.8 Å². The molecule has 1 atom stereocenters. The molecule has 0 radical (unpaired) electrons. The molecule has 0 aromatic carbocycles. The van der Waals surface area contributed by atoms with E-state index in [9.17, 15) is 0 Å². The van der Waals surface area contributed by atoms with E-state index in [2.05, 4.69) is 10.9 Å². The normalized spacial score (nSPS) is 13.9. The first kappa shape index (κ1) is 7.84. The zero-order valence-electron chi connectivity index (χ0n) is 5.02. The average Bonchev–Trinajstić information content (AvgIpc) is 1.66. The predicted molar refractivity (Wildman–Crippen MR) is 31.9 cm³/mol. The Morgan fingerprint density at radius 2 is 2.38 bits per heavy atom. The molecule has 0 aromatic heterocycles. The van der Waals surface area contributed by atoms with Crippen LogP contribution in [-0.2, 0) is 0 Å². The van der Waals surface area contributed by atoms with Crippen LogP contribution in [0, 0.1) is 0 Å².